The number of carboxylic acids is 1. The average Bonchev–Trinajstić information content (AvgIpc) is 2.35. The van der Waals surface area contributed by atoms with Crippen LogP contribution in [-0.2, 0) is 17.6 Å². The molecule has 5 heteroatoms. The summed E-state index contributed by atoms with van der Waals surface area (Å²) in [5, 5.41) is 9.53. The zero-order chi connectivity index (χ0) is 12.3. The molecule has 2 rings (SSSR count). The summed E-state index contributed by atoms with van der Waals surface area (Å²) < 4.78 is 0. The molecule has 1 atom stereocenters. The van der Waals surface area contributed by atoms with E-state index in [0.717, 1.165) is 30.0 Å². The van der Waals surface area contributed by atoms with E-state index in [1.165, 1.54) is 23.7 Å². The Morgan fingerprint density at radius 3 is 2.94 bits per heavy atom. The monoisotopic (exact) mass is 252 g/mol. The van der Waals surface area contributed by atoms with Crippen molar-refractivity contribution in [2.24, 2.45) is 0 Å². The number of hydrogen-bond acceptors (Lipinski definition) is 4. The van der Waals surface area contributed by atoms with Gasteiger partial charge in [0, 0.05) is 11.3 Å². The topological polar surface area (TPSA) is 63.1 Å². The normalized spacial score (nSPS) is 16.3. The molecule has 0 amide bonds. The van der Waals surface area contributed by atoms with Gasteiger partial charge in [0.15, 0.2) is 0 Å². The molecule has 17 heavy (non-hydrogen) atoms. The Labute approximate surface area is 105 Å². The minimum Gasteiger partial charge on any atom is -0.480 e. The van der Waals surface area contributed by atoms with Crippen LogP contribution in [0.1, 0.15) is 37.4 Å². The Kier molecular flexibility index (Phi) is 3.99. The van der Waals surface area contributed by atoms with Crippen LogP contribution in [0.2, 0.25) is 0 Å². The van der Waals surface area contributed by atoms with E-state index in [-0.39, 0.29) is 0 Å². The number of carbonyl (C=O) groups is 1. The lowest BCUT2D eigenvalue weighted by Gasteiger charge is -2.18. The lowest BCUT2D eigenvalue weighted by Crippen LogP contribution is -2.16. The Balaban J connectivity index is 2.23. The Morgan fingerprint density at radius 1 is 1.47 bits per heavy atom. The minimum atomic E-state index is -0.763. The van der Waals surface area contributed by atoms with Gasteiger partial charge in [0.25, 0.3) is 0 Å². The summed E-state index contributed by atoms with van der Waals surface area (Å²) in [6.45, 7) is 1.89. The highest BCUT2D eigenvalue weighted by atomic mass is 32.2. The molecule has 1 N–H and O–H groups in total. The van der Waals surface area contributed by atoms with Crippen molar-refractivity contribution < 1.29 is 9.90 Å². The number of aryl methyl sites for hydroxylation is 1. The number of fused-ring (bicyclic) bond motifs is 1. The van der Waals surface area contributed by atoms with Gasteiger partial charge in [-0.05, 0) is 32.1 Å². The highest BCUT2D eigenvalue weighted by Gasteiger charge is 2.22. The molecule has 1 aromatic heterocycles. The molecule has 0 saturated heterocycles. The first kappa shape index (κ1) is 12.4. The molecule has 1 unspecified atom stereocenters. The number of carboxylic acid groups (broad SMARTS) is 1. The smallest absolute Gasteiger partial charge is 0.317 e. The van der Waals surface area contributed by atoms with Crippen LogP contribution >= 0.6 is 11.8 Å². The van der Waals surface area contributed by atoms with Gasteiger partial charge in [-0.3, -0.25) is 4.79 Å². The Hall–Kier alpha value is -1.10. The maximum absolute atomic E-state index is 11.0. The van der Waals surface area contributed by atoms with Crippen LogP contribution in [0.25, 0.3) is 0 Å². The Morgan fingerprint density at radius 2 is 2.24 bits per heavy atom. The first-order valence-corrected chi connectivity index (χ1v) is 6.82. The molecule has 4 nitrogen and oxygen atoms in total. The maximum Gasteiger partial charge on any atom is 0.317 e. The maximum atomic E-state index is 11.0. The molecule has 0 radical (unpaired) electrons. The SMILES string of the molecule is CCC(Sc1ncnc2c1CCCC2)C(=O)O. The zero-order valence-corrected chi connectivity index (χ0v) is 10.7. The molecule has 0 aliphatic heterocycles. The largest absolute Gasteiger partial charge is 0.480 e. The van der Waals surface area contributed by atoms with Crippen molar-refractivity contribution in [2.75, 3.05) is 0 Å². The van der Waals surface area contributed by atoms with E-state index < -0.39 is 11.2 Å². The van der Waals surface area contributed by atoms with Gasteiger partial charge in [-0.15, -0.1) is 0 Å². The van der Waals surface area contributed by atoms with E-state index in [9.17, 15) is 4.79 Å². The van der Waals surface area contributed by atoms with Crippen LogP contribution < -0.4 is 0 Å². The van der Waals surface area contributed by atoms with Gasteiger partial charge in [-0.2, -0.15) is 0 Å². The molecule has 1 heterocycles. The summed E-state index contributed by atoms with van der Waals surface area (Å²) >= 11 is 1.36. The second-order valence-corrected chi connectivity index (χ2v) is 5.36. The van der Waals surface area contributed by atoms with Crippen LogP contribution in [0.4, 0.5) is 0 Å². The standard InChI is InChI=1S/C12H16N2O2S/c1-2-10(12(15)16)17-11-8-5-3-4-6-9(8)13-7-14-11/h7,10H,2-6H2,1H3,(H,15,16). The zero-order valence-electron chi connectivity index (χ0n) is 9.85. The molecular weight excluding hydrogens is 236 g/mol. The number of aromatic nitrogens is 2. The fraction of sp³-hybridized carbons (Fsp3) is 0.583. The predicted molar refractivity (Wildman–Crippen MR) is 66.2 cm³/mol. The number of nitrogens with zero attached hydrogens (tertiary/aromatic N) is 2. The van der Waals surface area contributed by atoms with Gasteiger partial charge in [-0.25, -0.2) is 9.97 Å². The second-order valence-electron chi connectivity index (χ2n) is 4.16. The summed E-state index contributed by atoms with van der Waals surface area (Å²) in [4.78, 5) is 19.6. The molecule has 0 fully saturated rings. The van der Waals surface area contributed by atoms with Crippen LogP contribution in [-0.4, -0.2) is 26.3 Å². The van der Waals surface area contributed by atoms with E-state index in [4.69, 9.17) is 5.11 Å². The van der Waals surface area contributed by atoms with Gasteiger partial charge in [0.2, 0.25) is 0 Å². The molecule has 0 bridgehead atoms. The van der Waals surface area contributed by atoms with Crippen molar-refractivity contribution >= 4 is 17.7 Å². The lowest BCUT2D eigenvalue weighted by atomic mass is 9.98. The second kappa shape index (κ2) is 5.49. The van der Waals surface area contributed by atoms with Crippen LogP contribution in [0.5, 0.6) is 0 Å². The summed E-state index contributed by atoms with van der Waals surface area (Å²) in [5.74, 6) is -0.763. The van der Waals surface area contributed by atoms with Gasteiger partial charge in [0.05, 0.1) is 0 Å². The number of hydrogen-bond donors (Lipinski definition) is 1. The highest BCUT2D eigenvalue weighted by Crippen LogP contribution is 2.31. The van der Waals surface area contributed by atoms with Crippen molar-refractivity contribution in [3.05, 3.63) is 17.6 Å². The van der Waals surface area contributed by atoms with E-state index in [2.05, 4.69) is 9.97 Å². The van der Waals surface area contributed by atoms with Gasteiger partial charge in [0.1, 0.15) is 16.6 Å². The third-order valence-corrected chi connectivity index (χ3v) is 4.38. The van der Waals surface area contributed by atoms with Crippen LogP contribution in [0, 0.1) is 0 Å². The van der Waals surface area contributed by atoms with Gasteiger partial charge >= 0.3 is 5.97 Å². The highest BCUT2D eigenvalue weighted by molar-refractivity contribution is 8.00. The number of rotatable bonds is 4. The summed E-state index contributed by atoms with van der Waals surface area (Å²) in [6, 6.07) is 0. The summed E-state index contributed by atoms with van der Waals surface area (Å²) in [5.41, 5.74) is 2.28. The van der Waals surface area contributed by atoms with Crippen LogP contribution in [0.3, 0.4) is 0 Å². The number of thioether (sulfide) groups is 1. The summed E-state index contributed by atoms with van der Waals surface area (Å²) in [6.07, 6.45) is 6.46. The average molecular weight is 252 g/mol. The molecule has 0 aromatic carbocycles. The van der Waals surface area contributed by atoms with E-state index in [0.29, 0.717) is 6.42 Å². The fourth-order valence-electron chi connectivity index (χ4n) is 2.04. The third kappa shape index (κ3) is 2.77. The van der Waals surface area contributed by atoms with Crippen molar-refractivity contribution in [1.29, 1.82) is 0 Å². The molecule has 92 valence electrons. The molecular formula is C12H16N2O2S. The van der Waals surface area contributed by atoms with Crippen molar-refractivity contribution in [1.82, 2.24) is 9.97 Å². The molecule has 1 aliphatic rings. The van der Waals surface area contributed by atoms with Crippen LogP contribution in [0.15, 0.2) is 11.4 Å². The summed E-state index contributed by atoms with van der Waals surface area (Å²) in [7, 11) is 0. The van der Waals surface area contributed by atoms with E-state index in [1.807, 2.05) is 6.92 Å². The first-order chi connectivity index (χ1) is 8.22. The molecule has 1 aromatic rings. The van der Waals surface area contributed by atoms with Crippen molar-refractivity contribution in [2.45, 2.75) is 49.3 Å². The molecule has 0 spiro atoms. The quantitative estimate of drug-likeness (QED) is 0.658. The lowest BCUT2D eigenvalue weighted by molar-refractivity contribution is -0.136. The van der Waals surface area contributed by atoms with Gasteiger partial charge < -0.3 is 5.11 Å². The predicted octanol–water partition coefficient (Wildman–Crippen LogP) is 2.31. The fourth-order valence-corrected chi connectivity index (χ4v) is 3.04. The number of aliphatic carboxylic acids is 1. The van der Waals surface area contributed by atoms with Crippen molar-refractivity contribution in [3.63, 3.8) is 0 Å². The minimum absolute atomic E-state index is 0.407. The van der Waals surface area contributed by atoms with Crippen molar-refractivity contribution in [3.8, 4) is 0 Å². The molecule has 0 saturated carbocycles. The van der Waals surface area contributed by atoms with E-state index >= 15 is 0 Å². The third-order valence-electron chi connectivity index (χ3n) is 2.99. The van der Waals surface area contributed by atoms with E-state index in [1.54, 1.807) is 6.33 Å². The molecule has 1 aliphatic carbocycles. The van der Waals surface area contributed by atoms with Gasteiger partial charge in [-0.1, -0.05) is 18.7 Å². The Bertz CT molecular complexity index is 423. The first-order valence-electron chi connectivity index (χ1n) is 5.94.